The van der Waals surface area contributed by atoms with Crippen LogP contribution in [0.4, 0.5) is 10.2 Å². The molecule has 1 aromatic carbocycles. The molecule has 1 unspecified atom stereocenters. The molecule has 7 heteroatoms. The maximum atomic E-state index is 13.2. The minimum atomic E-state index is -0.931. The van der Waals surface area contributed by atoms with Crippen molar-refractivity contribution in [3.05, 3.63) is 41.3 Å². The van der Waals surface area contributed by atoms with Crippen LogP contribution in [-0.4, -0.2) is 27.1 Å². The summed E-state index contributed by atoms with van der Waals surface area (Å²) in [5.41, 5.74) is 1.75. The van der Waals surface area contributed by atoms with Crippen LogP contribution in [0.5, 0.6) is 0 Å². The highest BCUT2D eigenvalue weighted by Gasteiger charge is 2.21. The van der Waals surface area contributed by atoms with Crippen LogP contribution in [-0.2, 0) is 4.79 Å². The van der Waals surface area contributed by atoms with Gasteiger partial charge in [0.25, 0.3) is 0 Å². The van der Waals surface area contributed by atoms with E-state index in [9.17, 15) is 14.3 Å². The van der Waals surface area contributed by atoms with E-state index in [2.05, 4.69) is 15.3 Å². The summed E-state index contributed by atoms with van der Waals surface area (Å²) in [6, 6.07) is 5.48. The number of nitrogens with zero attached hydrogens (tertiary/aromatic N) is 2. The number of hydrogen-bond donors (Lipinski definition) is 2. The van der Waals surface area contributed by atoms with Crippen LogP contribution in [0.1, 0.15) is 18.2 Å². The Morgan fingerprint density at radius 1 is 1.33 bits per heavy atom. The minimum Gasteiger partial charge on any atom is -0.480 e. The van der Waals surface area contributed by atoms with Crippen molar-refractivity contribution in [2.24, 2.45) is 0 Å². The standard InChI is InChI=1S/C17H16FN3O2S/c1-3-12(17(22)23)21-15-14-13(10-4-6-11(18)7-5-10)9(2)24-16(14)20-8-19-15/h4-8,12H,3H2,1-2H3,(H,22,23)(H,19,20,21). The summed E-state index contributed by atoms with van der Waals surface area (Å²) in [5, 5.41) is 13.0. The third-order valence-corrected chi connectivity index (χ3v) is 4.83. The molecule has 0 saturated heterocycles. The van der Waals surface area contributed by atoms with E-state index < -0.39 is 12.0 Å². The number of benzene rings is 1. The van der Waals surface area contributed by atoms with Gasteiger partial charge in [-0.1, -0.05) is 19.1 Å². The first-order valence-corrected chi connectivity index (χ1v) is 8.32. The zero-order valence-electron chi connectivity index (χ0n) is 13.2. The molecule has 2 N–H and O–H groups in total. The molecule has 0 bridgehead atoms. The number of halogens is 1. The lowest BCUT2D eigenvalue weighted by Crippen LogP contribution is -2.28. The molecule has 2 heterocycles. The summed E-state index contributed by atoms with van der Waals surface area (Å²) in [6.45, 7) is 3.76. The fourth-order valence-corrected chi connectivity index (χ4v) is 3.63. The molecule has 2 aromatic heterocycles. The van der Waals surface area contributed by atoms with Gasteiger partial charge in [-0.25, -0.2) is 19.2 Å². The second kappa shape index (κ2) is 6.52. The van der Waals surface area contributed by atoms with Gasteiger partial charge in [-0.3, -0.25) is 0 Å². The number of nitrogens with one attached hydrogen (secondary N) is 1. The van der Waals surface area contributed by atoms with Crippen molar-refractivity contribution in [2.45, 2.75) is 26.3 Å². The third kappa shape index (κ3) is 2.94. The monoisotopic (exact) mass is 345 g/mol. The van der Waals surface area contributed by atoms with Gasteiger partial charge in [0.2, 0.25) is 0 Å². The van der Waals surface area contributed by atoms with Gasteiger partial charge >= 0.3 is 5.97 Å². The predicted octanol–water partition coefficient (Wildman–Crippen LogP) is 4.08. The molecule has 0 aliphatic heterocycles. The molecular formula is C17H16FN3O2S. The molecule has 0 fully saturated rings. The lowest BCUT2D eigenvalue weighted by Gasteiger charge is -2.14. The van der Waals surface area contributed by atoms with Gasteiger partial charge in [-0.05, 0) is 31.0 Å². The molecule has 0 saturated carbocycles. The first kappa shape index (κ1) is 16.3. The number of anilines is 1. The number of rotatable bonds is 5. The lowest BCUT2D eigenvalue weighted by molar-refractivity contribution is -0.137. The van der Waals surface area contributed by atoms with Crippen molar-refractivity contribution in [1.29, 1.82) is 0 Å². The topological polar surface area (TPSA) is 75.1 Å². The second-order valence-corrected chi connectivity index (χ2v) is 6.59. The fraction of sp³-hybridized carbons (Fsp3) is 0.235. The Bertz CT molecular complexity index is 893. The van der Waals surface area contributed by atoms with Crippen LogP contribution in [0.15, 0.2) is 30.6 Å². The molecule has 3 rings (SSSR count). The maximum Gasteiger partial charge on any atom is 0.326 e. The number of aromatic nitrogens is 2. The Morgan fingerprint density at radius 3 is 2.67 bits per heavy atom. The van der Waals surface area contributed by atoms with Gasteiger partial charge in [0, 0.05) is 10.4 Å². The summed E-state index contributed by atoms with van der Waals surface area (Å²) in [4.78, 5) is 21.6. The third-order valence-electron chi connectivity index (χ3n) is 3.81. The molecule has 0 spiro atoms. The maximum absolute atomic E-state index is 13.2. The normalized spacial score (nSPS) is 12.3. The molecule has 0 aliphatic rings. The number of carboxylic acid groups (broad SMARTS) is 1. The first-order chi connectivity index (χ1) is 11.5. The molecule has 1 atom stereocenters. The summed E-state index contributed by atoms with van der Waals surface area (Å²) in [7, 11) is 0. The molecular weight excluding hydrogens is 329 g/mol. The highest BCUT2D eigenvalue weighted by molar-refractivity contribution is 7.19. The van der Waals surface area contributed by atoms with Crippen LogP contribution in [0.2, 0.25) is 0 Å². The Morgan fingerprint density at radius 2 is 2.04 bits per heavy atom. The molecule has 0 aliphatic carbocycles. The smallest absolute Gasteiger partial charge is 0.326 e. The van der Waals surface area contributed by atoms with E-state index in [4.69, 9.17) is 0 Å². The van der Waals surface area contributed by atoms with E-state index in [1.54, 1.807) is 19.1 Å². The summed E-state index contributed by atoms with van der Waals surface area (Å²) in [5.74, 6) is -0.750. The molecule has 124 valence electrons. The van der Waals surface area contributed by atoms with Crippen LogP contribution in [0.3, 0.4) is 0 Å². The van der Waals surface area contributed by atoms with E-state index >= 15 is 0 Å². The van der Waals surface area contributed by atoms with Crippen LogP contribution < -0.4 is 5.32 Å². The van der Waals surface area contributed by atoms with Gasteiger partial charge in [0.15, 0.2) is 0 Å². The Labute approximate surface area is 142 Å². The number of hydrogen-bond acceptors (Lipinski definition) is 5. The fourth-order valence-electron chi connectivity index (χ4n) is 2.62. The summed E-state index contributed by atoms with van der Waals surface area (Å²) >= 11 is 1.50. The molecule has 24 heavy (non-hydrogen) atoms. The number of aryl methyl sites for hydroxylation is 1. The molecule has 5 nitrogen and oxygen atoms in total. The number of carbonyl (C=O) groups is 1. The average Bonchev–Trinajstić information content (AvgIpc) is 2.89. The first-order valence-electron chi connectivity index (χ1n) is 7.50. The van der Waals surface area contributed by atoms with Gasteiger partial charge in [-0.2, -0.15) is 0 Å². The van der Waals surface area contributed by atoms with E-state index in [1.165, 1.54) is 29.8 Å². The van der Waals surface area contributed by atoms with Crippen LogP contribution >= 0.6 is 11.3 Å². The van der Waals surface area contributed by atoms with Crippen molar-refractivity contribution in [1.82, 2.24) is 9.97 Å². The summed E-state index contributed by atoms with van der Waals surface area (Å²) in [6.07, 6.45) is 1.85. The quantitative estimate of drug-likeness (QED) is 0.729. The SMILES string of the molecule is CCC(Nc1ncnc2sc(C)c(-c3ccc(F)cc3)c12)C(=O)O. The van der Waals surface area contributed by atoms with E-state index in [-0.39, 0.29) is 5.82 Å². The van der Waals surface area contributed by atoms with E-state index in [0.717, 1.165) is 26.2 Å². The minimum absolute atomic E-state index is 0.303. The predicted molar refractivity (Wildman–Crippen MR) is 92.9 cm³/mol. The average molecular weight is 345 g/mol. The van der Waals surface area contributed by atoms with Crippen molar-refractivity contribution in [3.63, 3.8) is 0 Å². The van der Waals surface area contributed by atoms with E-state index in [0.29, 0.717) is 12.2 Å². The highest BCUT2D eigenvalue weighted by Crippen LogP contribution is 2.40. The van der Waals surface area contributed by atoms with Gasteiger partial charge in [0.1, 0.15) is 28.8 Å². The van der Waals surface area contributed by atoms with Crippen LogP contribution in [0.25, 0.3) is 21.3 Å². The summed E-state index contributed by atoms with van der Waals surface area (Å²) < 4.78 is 13.2. The molecule has 0 radical (unpaired) electrons. The zero-order valence-corrected chi connectivity index (χ0v) is 14.0. The van der Waals surface area contributed by atoms with Gasteiger partial charge in [-0.15, -0.1) is 11.3 Å². The largest absolute Gasteiger partial charge is 0.480 e. The number of carboxylic acids is 1. The molecule has 0 amide bonds. The second-order valence-electron chi connectivity index (χ2n) is 5.39. The lowest BCUT2D eigenvalue weighted by atomic mass is 10.0. The van der Waals surface area contributed by atoms with Crippen molar-refractivity contribution >= 4 is 33.3 Å². The Kier molecular flexibility index (Phi) is 4.44. The molecule has 3 aromatic rings. The van der Waals surface area contributed by atoms with Gasteiger partial charge < -0.3 is 10.4 Å². The van der Waals surface area contributed by atoms with Crippen LogP contribution in [0, 0.1) is 12.7 Å². The zero-order chi connectivity index (χ0) is 17.3. The number of fused-ring (bicyclic) bond motifs is 1. The highest BCUT2D eigenvalue weighted by atomic mass is 32.1. The van der Waals surface area contributed by atoms with Crippen molar-refractivity contribution in [2.75, 3.05) is 5.32 Å². The van der Waals surface area contributed by atoms with Crippen molar-refractivity contribution in [3.8, 4) is 11.1 Å². The Balaban J connectivity index is 2.17. The van der Waals surface area contributed by atoms with Gasteiger partial charge in [0.05, 0.1) is 5.39 Å². The van der Waals surface area contributed by atoms with Crippen molar-refractivity contribution < 1.29 is 14.3 Å². The van der Waals surface area contributed by atoms with E-state index in [1.807, 2.05) is 6.92 Å². The number of aliphatic carboxylic acids is 1. The number of thiophene rings is 1. The Hall–Kier alpha value is -2.54.